The molecule has 0 atom stereocenters. The van der Waals surface area contributed by atoms with Gasteiger partial charge < -0.3 is 5.32 Å². The molecule has 0 radical (unpaired) electrons. The van der Waals surface area contributed by atoms with Gasteiger partial charge in [-0.25, -0.2) is 0 Å². The van der Waals surface area contributed by atoms with Crippen LogP contribution in [0.5, 0.6) is 0 Å². The molecule has 1 aliphatic carbocycles. The van der Waals surface area contributed by atoms with Crippen LogP contribution in [0.2, 0.25) is 0 Å². The summed E-state index contributed by atoms with van der Waals surface area (Å²) in [7, 11) is 0. The van der Waals surface area contributed by atoms with Crippen LogP contribution < -0.4 is 5.32 Å². The second kappa shape index (κ2) is 3.65. The lowest BCUT2D eigenvalue weighted by Crippen LogP contribution is -2.25. The number of carbonyl (C=O) groups is 1. The topological polar surface area (TPSA) is 29.1 Å². The number of halogens is 1. The van der Waals surface area contributed by atoms with Crippen LogP contribution in [0.15, 0.2) is 24.3 Å². The molecular formula is C10H10INO. The van der Waals surface area contributed by atoms with Crippen LogP contribution in [0.1, 0.15) is 23.2 Å². The molecule has 13 heavy (non-hydrogen) atoms. The minimum absolute atomic E-state index is 0.0565. The Morgan fingerprint density at radius 1 is 1.46 bits per heavy atom. The summed E-state index contributed by atoms with van der Waals surface area (Å²) in [5, 5.41) is 2.96. The van der Waals surface area contributed by atoms with Gasteiger partial charge in [-0.15, -0.1) is 0 Å². The van der Waals surface area contributed by atoms with E-state index in [1.165, 1.54) is 0 Å². The highest BCUT2D eigenvalue weighted by atomic mass is 127. The van der Waals surface area contributed by atoms with Gasteiger partial charge in [-0.2, -0.15) is 0 Å². The zero-order valence-corrected chi connectivity index (χ0v) is 9.24. The van der Waals surface area contributed by atoms with Gasteiger partial charge in [0.1, 0.15) is 0 Å². The third-order valence-electron chi connectivity index (χ3n) is 2.00. The van der Waals surface area contributed by atoms with Gasteiger partial charge in [0.05, 0.1) is 0 Å². The van der Waals surface area contributed by atoms with Crippen LogP contribution in [-0.4, -0.2) is 11.9 Å². The molecule has 0 spiro atoms. The SMILES string of the molecule is O=C(NC1CC1)c1cccc(I)c1. The molecule has 0 unspecified atom stereocenters. The third kappa shape index (κ3) is 2.43. The average Bonchev–Trinajstić information content (AvgIpc) is 2.88. The predicted molar refractivity (Wildman–Crippen MR) is 59.6 cm³/mol. The maximum atomic E-state index is 11.5. The average molecular weight is 287 g/mol. The molecule has 1 aliphatic rings. The fraction of sp³-hybridized carbons (Fsp3) is 0.300. The Morgan fingerprint density at radius 3 is 2.85 bits per heavy atom. The lowest BCUT2D eigenvalue weighted by Gasteiger charge is -2.02. The van der Waals surface area contributed by atoms with Crippen molar-refractivity contribution in [3.05, 3.63) is 33.4 Å². The lowest BCUT2D eigenvalue weighted by molar-refractivity contribution is 0.0951. The maximum absolute atomic E-state index is 11.5. The van der Waals surface area contributed by atoms with E-state index in [2.05, 4.69) is 27.9 Å². The highest BCUT2D eigenvalue weighted by molar-refractivity contribution is 14.1. The van der Waals surface area contributed by atoms with E-state index in [-0.39, 0.29) is 5.91 Å². The highest BCUT2D eigenvalue weighted by Crippen LogP contribution is 2.19. The van der Waals surface area contributed by atoms with Crippen LogP contribution in [0, 0.1) is 3.57 Å². The number of benzene rings is 1. The van der Waals surface area contributed by atoms with Crippen molar-refractivity contribution >= 4 is 28.5 Å². The molecule has 3 heteroatoms. The van der Waals surface area contributed by atoms with Gasteiger partial charge in [0, 0.05) is 15.2 Å². The molecule has 1 saturated carbocycles. The van der Waals surface area contributed by atoms with E-state index in [0.29, 0.717) is 6.04 Å². The van der Waals surface area contributed by atoms with Crippen molar-refractivity contribution in [1.82, 2.24) is 5.32 Å². The van der Waals surface area contributed by atoms with Crippen LogP contribution in [0.3, 0.4) is 0 Å². The lowest BCUT2D eigenvalue weighted by atomic mass is 10.2. The smallest absolute Gasteiger partial charge is 0.251 e. The number of carbonyl (C=O) groups excluding carboxylic acids is 1. The summed E-state index contributed by atoms with van der Waals surface area (Å²) in [6.07, 6.45) is 2.27. The van der Waals surface area contributed by atoms with Crippen LogP contribution in [0.25, 0.3) is 0 Å². The van der Waals surface area contributed by atoms with Crippen molar-refractivity contribution in [3.8, 4) is 0 Å². The molecule has 2 nitrogen and oxygen atoms in total. The molecule has 1 N–H and O–H groups in total. The minimum atomic E-state index is 0.0565. The first kappa shape index (κ1) is 8.99. The number of nitrogens with one attached hydrogen (secondary N) is 1. The summed E-state index contributed by atoms with van der Waals surface area (Å²) in [5.41, 5.74) is 0.763. The van der Waals surface area contributed by atoms with Gasteiger partial charge in [-0.05, 0) is 53.6 Å². The summed E-state index contributed by atoms with van der Waals surface area (Å²) in [5.74, 6) is 0.0565. The summed E-state index contributed by atoms with van der Waals surface area (Å²) in [6, 6.07) is 8.07. The van der Waals surface area contributed by atoms with Gasteiger partial charge >= 0.3 is 0 Å². The molecule has 0 bridgehead atoms. The predicted octanol–water partition coefficient (Wildman–Crippen LogP) is 2.18. The zero-order chi connectivity index (χ0) is 9.26. The second-order valence-corrected chi connectivity index (χ2v) is 4.50. The van der Waals surface area contributed by atoms with Gasteiger partial charge in [0.25, 0.3) is 5.91 Å². The summed E-state index contributed by atoms with van der Waals surface area (Å²) >= 11 is 2.21. The highest BCUT2D eigenvalue weighted by Gasteiger charge is 2.23. The molecule has 0 aliphatic heterocycles. The summed E-state index contributed by atoms with van der Waals surface area (Å²) in [6.45, 7) is 0. The normalized spacial score (nSPS) is 15.5. The first-order chi connectivity index (χ1) is 6.25. The standard InChI is InChI=1S/C10H10INO/c11-8-3-1-2-7(6-8)10(13)12-9-4-5-9/h1-3,6,9H,4-5H2,(H,12,13). The number of hydrogen-bond acceptors (Lipinski definition) is 1. The Morgan fingerprint density at radius 2 is 2.23 bits per heavy atom. The van der Waals surface area contributed by atoms with Crippen molar-refractivity contribution < 1.29 is 4.79 Å². The van der Waals surface area contributed by atoms with Crippen molar-refractivity contribution in [2.45, 2.75) is 18.9 Å². The molecule has 0 aromatic heterocycles. The van der Waals surface area contributed by atoms with Crippen molar-refractivity contribution in [2.24, 2.45) is 0 Å². The maximum Gasteiger partial charge on any atom is 0.251 e. The van der Waals surface area contributed by atoms with Crippen molar-refractivity contribution in [1.29, 1.82) is 0 Å². The zero-order valence-electron chi connectivity index (χ0n) is 7.09. The van der Waals surface area contributed by atoms with Crippen molar-refractivity contribution in [2.75, 3.05) is 0 Å². The van der Waals surface area contributed by atoms with E-state index < -0.39 is 0 Å². The van der Waals surface area contributed by atoms with E-state index in [9.17, 15) is 4.79 Å². The Hall–Kier alpha value is -0.580. The molecule has 0 saturated heterocycles. The van der Waals surface area contributed by atoms with Gasteiger partial charge in [-0.1, -0.05) is 6.07 Å². The van der Waals surface area contributed by atoms with E-state index in [4.69, 9.17) is 0 Å². The van der Waals surface area contributed by atoms with Crippen LogP contribution in [0.4, 0.5) is 0 Å². The molecule has 0 heterocycles. The monoisotopic (exact) mass is 287 g/mol. The fourth-order valence-electron chi connectivity index (χ4n) is 1.13. The first-order valence-electron chi connectivity index (χ1n) is 4.32. The largest absolute Gasteiger partial charge is 0.349 e. The van der Waals surface area contributed by atoms with Gasteiger partial charge in [-0.3, -0.25) is 4.79 Å². The molecule has 2 rings (SSSR count). The van der Waals surface area contributed by atoms with E-state index in [1.807, 2.05) is 24.3 Å². The molecule has 68 valence electrons. The summed E-state index contributed by atoms with van der Waals surface area (Å²) < 4.78 is 1.10. The Balaban J connectivity index is 2.09. The first-order valence-corrected chi connectivity index (χ1v) is 5.40. The van der Waals surface area contributed by atoms with E-state index >= 15 is 0 Å². The van der Waals surface area contributed by atoms with E-state index in [0.717, 1.165) is 22.0 Å². The second-order valence-electron chi connectivity index (χ2n) is 3.26. The van der Waals surface area contributed by atoms with Gasteiger partial charge in [0.2, 0.25) is 0 Å². The quantitative estimate of drug-likeness (QED) is 0.830. The number of amides is 1. The number of hydrogen-bond donors (Lipinski definition) is 1. The fourth-order valence-corrected chi connectivity index (χ4v) is 1.67. The van der Waals surface area contributed by atoms with Crippen LogP contribution >= 0.6 is 22.6 Å². The molecule has 1 aromatic carbocycles. The number of rotatable bonds is 2. The van der Waals surface area contributed by atoms with E-state index in [1.54, 1.807) is 0 Å². The third-order valence-corrected chi connectivity index (χ3v) is 2.67. The van der Waals surface area contributed by atoms with Crippen LogP contribution in [-0.2, 0) is 0 Å². The molecular weight excluding hydrogens is 277 g/mol. The Labute approximate surface area is 90.9 Å². The molecule has 1 aromatic rings. The van der Waals surface area contributed by atoms with Crippen molar-refractivity contribution in [3.63, 3.8) is 0 Å². The minimum Gasteiger partial charge on any atom is -0.349 e. The molecule has 1 fully saturated rings. The van der Waals surface area contributed by atoms with Gasteiger partial charge in [0.15, 0.2) is 0 Å². The Bertz CT molecular complexity index is 333. The Kier molecular flexibility index (Phi) is 2.53. The summed E-state index contributed by atoms with van der Waals surface area (Å²) in [4.78, 5) is 11.5. The molecule has 1 amide bonds.